The summed E-state index contributed by atoms with van der Waals surface area (Å²) in [6.45, 7) is 2.82. The van der Waals surface area contributed by atoms with Crippen molar-refractivity contribution in [2.24, 2.45) is 0 Å². The molecule has 0 atom stereocenters. The lowest BCUT2D eigenvalue weighted by molar-refractivity contribution is 0.830. The van der Waals surface area contributed by atoms with Gasteiger partial charge in [-0.3, -0.25) is 0 Å². The van der Waals surface area contributed by atoms with Crippen LogP contribution in [0.1, 0.15) is 16.7 Å². The quantitative estimate of drug-likeness (QED) is 0.718. The van der Waals surface area contributed by atoms with Gasteiger partial charge >= 0.3 is 0 Å². The minimum Gasteiger partial charge on any atom is -0.398 e. The summed E-state index contributed by atoms with van der Waals surface area (Å²) in [6.07, 6.45) is 2.05. The number of benzene rings is 2. The van der Waals surface area contributed by atoms with E-state index in [1.54, 1.807) is 0 Å². The van der Waals surface area contributed by atoms with Crippen molar-refractivity contribution in [2.45, 2.75) is 13.5 Å². The third-order valence-electron chi connectivity index (χ3n) is 3.66. The second kappa shape index (κ2) is 4.75. The zero-order valence-electron chi connectivity index (χ0n) is 11.3. The van der Waals surface area contributed by atoms with Crippen molar-refractivity contribution in [3.05, 3.63) is 65.4 Å². The lowest BCUT2D eigenvalue weighted by Crippen LogP contribution is -2.00. The zero-order chi connectivity index (χ0) is 14.1. The first kappa shape index (κ1) is 12.3. The van der Waals surface area contributed by atoms with Gasteiger partial charge in [0.15, 0.2) is 0 Å². The largest absolute Gasteiger partial charge is 0.398 e. The van der Waals surface area contributed by atoms with Crippen LogP contribution in [0.4, 0.5) is 5.69 Å². The minimum atomic E-state index is 0.702. The number of fused-ring (bicyclic) bond motifs is 1. The summed E-state index contributed by atoms with van der Waals surface area (Å²) in [4.78, 5) is 0. The first-order chi connectivity index (χ1) is 9.69. The van der Waals surface area contributed by atoms with Crippen LogP contribution in [-0.2, 0) is 6.54 Å². The Balaban J connectivity index is 2.02. The zero-order valence-corrected chi connectivity index (χ0v) is 11.3. The Hall–Kier alpha value is -2.73. The first-order valence-corrected chi connectivity index (χ1v) is 6.52. The molecule has 2 aromatic carbocycles. The Morgan fingerprint density at radius 3 is 2.80 bits per heavy atom. The normalized spacial score (nSPS) is 10.6. The maximum absolute atomic E-state index is 8.91. The highest BCUT2D eigenvalue weighted by molar-refractivity contribution is 5.91. The highest BCUT2D eigenvalue weighted by Crippen LogP contribution is 2.23. The van der Waals surface area contributed by atoms with Crippen LogP contribution in [0.2, 0.25) is 0 Å². The fraction of sp³-hybridized carbons (Fsp3) is 0.118. The molecule has 20 heavy (non-hydrogen) atoms. The number of nitrogen functional groups attached to an aromatic ring is 1. The predicted molar refractivity (Wildman–Crippen MR) is 81.3 cm³/mol. The van der Waals surface area contributed by atoms with Crippen LogP contribution < -0.4 is 5.73 Å². The number of anilines is 1. The van der Waals surface area contributed by atoms with E-state index in [1.165, 1.54) is 5.56 Å². The molecular weight excluding hydrogens is 246 g/mol. The monoisotopic (exact) mass is 261 g/mol. The number of nitrogens with zero attached hydrogens (tertiary/aromatic N) is 2. The number of aryl methyl sites for hydroxylation is 1. The third kappa shape index (κ3) is 2.02. The SMILES string of the molecule is Cc1cc(C#N)ccc1Cn1ccc2c(N)cccc21. The molecule has 1 heterocycles. The summed E-state index contributed by atoms with van der Waals surface area (Å²) < 4.78 is 2.18. The molecule has 0 saturated carbocycles. The molecule has 0 unspecified atom stereocenters. The van der Waals surface area contributed by atoms with Gasteiger partial charge in [0.2, 0.25) is 0 Å². The number of hydrogen-bond acceptors (Lipinski definition) is 2. The number of nitriles is 1. The highest BCUT2D eigenvalue weighted by atomic mass is 15.0. The standard InChI is InChI=1S/C17H15N3/c1-12-9-13(10-18)5-6-14(12)11-20-8-7-15-16(19)3-2-4-17(15)20/h2-9H,11,19H2,1H3. The van der Waals surface area contributed by atoms with Gasteiger partial charge < -0.3 is 10.3 Å². The molecule has 0 aliphatic heterocycles. The highest BCUT2D eigenvalue weighted by Gasteiger charge is 2.06. The number of hydrogen-bond donors (Lipinski definition) is 1. The molecule has 3 nitrogen and oxygen atoms in total. The Morgan fingerprint density at radius 2 is 2.05 bits per heavy atom. The Labute approximate surface area is 117 Å². The van der Waals surface area contributed by atoms with E-state index in [-0.39, 0.29) is 0 Å². The minimum absolute atomic E-state index is 0.702. The molecule has 0 aliphatic rings. The van der Waals surface area contributed by atoms with E-state index in [0.29, 0.717) is 5.56 Å². The average Bonchev–Trinajstić information content (AvgIpc) is 2.86. The van der Waals surface area contributed by atoms with Crippen molar-refractivity contribution in [2.75, 3.05) is 5.73 Å². The van der Waals surface area contributed by atoms with Crippen LogP contribution in [0, 0.1) is 18.3 Å². The second-order valence-corrected chi connectivity index (χ2v) is 4.98. The first-order valence-electron chi connectivity index (χ1n) is 6.52. The molecule has 1 aromatic heterocycles. The third-order valence-corrected chi connectivity index (χ3v) is 3.66. The second-order valence-electron chi connectivity index (χ2n) is 4.98. The Kier molecular flexibility index (Phi) is 2.92. The van der Waals surface area contributed by atoms with E-state index in [0.717, 1.165) is 28.7 Å². The smallest absolute Gasteiger partial charge is 0.0991 e. The van der Waals surface area contributed by atoms with Crippen molar-refractivity contribution >= 4 is 16.6 Å². The van der Waals surface area contributed by atoms with E-state index in [9.17, 15) is 0 Å². The van der Waals surface area contributed by atoms with E-state index in [4.69, 9.17) is 11.0 Å². The van der Waals surface area contributed by atoms with Crippen LogP contribution in [0.25, 0.3) is 10.9 Å². The van der Waals surface area contributed by atoms with Crippen molar-refractivity contribution < 1.29 is 0 Å². The van der Waals surface area contributed by atoms with E-state index in [1.807, 2.05) is 43.3 Å². The van der Waals surface area contributed by atoms with Gasteiger partial charge in [-0.05, 0) is 48.4 Å². The summed E-state index contributed by atoms with van der Waals surface area (Å²) in [5, 5.41) is 9.99. The van der Waals surface area contributed by atoms with Crippen LogP contribution >= 0.6 is 0 Å². The van der Waals surface area contributed by atoms with Crippen LogP contribution in [0.5, 0.6) is 0 Å². The van der Waals surface area contributed by atoms with Crippen molar-refractivity contribution in [3.8, 4) is 6.07 Å². The van der Waals surface area contributed by atoms with Gasteiger partial charge in [0.25, 0.3) is 0 Å². The number of rotatable bonds is 2. The summed E-state index contributed by atoms with van der Waals surface area (Å²) in [6, 6.07) is 16.0. The molecular formula is C17H15N3. The van der Waals surface area contributed by atoms with E-state index >= 15 is 0 Å². The molecule has 0 bridgehead atoms. The van der Waals surface area contributed by atoms with Gasteiger partial charge in [0, 0.05) is 23.8 Å². The number of aromatic nitrogens is 1. The van der Waals surface area contributed by atoms with Crippen molar-refractivity contribution in [1.29, 1.82) is 5.26 Å². The average molecular weight is 261 g/mol. The number of nitrogens with two attached hydrogens (primary N) is 1. The fourth-order valence-electron chi connectivity index (χ4n) is 2.51. The lowest BCUT2D eigenvalue weighted by atomic mass is 10.1. The van der Waals surface area contributed by atoms with Crippen LogP contribution in [-0.4, -0.2) is 4.57 Å². The Morgan fingerprint density at radius 1 is 1.20 bits per heavy atom. The molecule has 2 N–H and O–H groups in total. The molecule has 0 radical (unpaired) electrons. The molecule has 0 fully saturated rings. The van der Waals surface area contributed by atoms with Gasteiger partial charge in [0.05, 0.1) is 17.1 Å². The molecule has 3 aromatic rings. The molecule has 0 saturated heterocycles. The van der Waals surface area contributed by atoms with Crippen LogP contribution in [0.3, 0.4) is 0 Å². The summed E-state index contributed by atoms with van der Waals surface area (Å²) in [7, 11) is 0. The summed E-state index contributed by atoms with van der Waals surface area (Å²) in [5.41, 5.74) is 11.0. The molecule has 0 aliphatic carbocycles. The lowest BCUT2D eigenvalue weighted by Gasteiger charge is -2.09. The van der Waals surface area contributed by atoms with Gasteiger partial charge in [-0.25, -0.2) is 0 Å². The van der Waals surface area contributed by atoms with Gasteiger partial charge in [-0.2, -0.15) is 5.26 Å². The summed E-state index contributed by atoms with van der Waals surface area (Å²) in [5.74, 6) is 0. The van der Waals surface area contributed by atoms with E-state index < -0.39 is 0 Å². The van der Waals surface area contributed by atoms with Gasteiger partial charge in [-0.1, -0.05) is 12.1 Å². The molecule has 3 heteroatoms. The molecule has 3 rings (SSSR count). The van der Waals surface area contributed by atoms with Gasteiger partial charge in [-0.15, -0.1) is 0 Å². The maximum atomic E-state index is 8.91. The molecule has 0 spiro atoms. The topological polar surface area (TPSA) is 54.7 Å². The van der Waals surface area contributed by atoms with Crippen LogP contribution in [0.15, 0.2) is 48.7 Å². The van der Waals surface area contributed by atoms with Crippen molar-refractivity contribution in [3.63, 3.8) is 0 Å². The molecule has 98 valence electrons. The fourth-order valence-corrected chi connectivity index (χ4v) is 2.51. The maximum Gasteiger partial charge on any atom is 0.0991 e. The summed E-state index contributed by atoms with van der Waals surface area (Å²) >= 11 is 0. The predicted octanol–water partition coefficient (Wildman–Crippen LogP) is 3.45. The molecule has 0 amide bonds. The van der Waals surface area contributed by atoms with Crippen molar-refractivity contribution in [1.82, 2.24) is 4.57 Å². The van der Waals surface area contributed by atoms with Gasteiger partial charge in [0.1, 0.15) is 0 Å². The Bertz CT molecular complexity index is 822. The van der Waals surface area contributed by atoms with E-state index in [2.05, 4.69) is 22.9 Å².